The first-order valence-corrected chi connectivity index (χ1v) is 10.3. The molecule has 1 aliphatic rings. The van der Waals surface area contributed by atoms with Crippen LogP contribution < -0.4 is 5.32 Å². The first-order chi connectivity index (χ1) is 12.8. The molecule has 3 heterocycles. The fourth-order valence-corrected chi connectivity index (χ4v) is 5.19. The summed E-state index contributed by atoms with van der Waals surface area (Å²) in [6.07, 6.45) is 0. The zero-order chi connectivity index (χ0) is 17.5. The summed E-state index contributed by atoms with van der Waals surface area (Å²) in [5, 5.41) is 18.6. The summed E-state index contributed by atoms with van der Waals surface area (Å²) < 4.78 is 1.17. The van der Waals surface area contributed by atoms with E-state index in [0.29, 0.717) is 11.1 Å². The van der Waals surface area contributed by atoms with Crippen LogP contribution >= 0.6 is 35.7 Å². The number of tetrazole rings is 1. The Balaban J connectivity index is 1.67. The number of hydrogen-bond acceptors (Lipinski definition) is 8. The van der Waals surface area contributed by atoms with Gasteiger partial charge in [0.2, 0.25) is 5.82 Å². The van der Waals surface area contributed by atoms with Crippen LogP contribution in [0.15, 0.2) is 45.6 Å². The van der Waals surface area contributed by atoms with Crippen LogP contribution in [0.25, 0.3) is 32.7 Å². The maximum Gasteiger partial charge on any atom is 0.206 e. The predicted octanol–water partition coefficient (Wildman–Crippen LogP) is 3.50. The number of fused-ring (bicyclic) bond motifs is 1. The van der Waals surface area contributed by atoms with Gasteiger partial charge in [-0.25, -0.2) is 4.98 Å². The van der Waals surface area contributed by atoms with E-state index in [-0.39, 0.29) is 0 Å². The normalized spacial score (nSPS) is 14.7. The third-order valence-corrected chi connectivity index (χ3v) is 7.08. The Kier molecular flexibility index (Phi) is 4.16. The van der Waals surface area contributed by atoms with Gasteiger partial charge in [0.05, 0.1) is 15.7 Å². The van der Waals surface area contributed by atoms with Crippen molar-refractivity contribution in [3.8, 4) is 22.5 Å². The van der Waals surface area contributed by atoms with Crippen LogP contribution in [0.3, 0.4) is 0 Å². The number of nitrogens with one attached hydrogen (secondary N) is 2. The molecule has 1 saturated heterocycles. The smallest absolute Gasteiger partial charge is 0.206 e. The van der Waals surface area contributed by atoms with Gasteiger partial charge in [0.15, 0.2) is 0 Å². The molecule has 0 atom stereocenters. The van der Waals surface area contributed by atoms with E-state index in [4.69, 9.17) is 12.6 Å². The first kappa shape index (κ1) is 16.2. The Morgan fingerprint density at radius 3 is 2.88 bits per heavy atom. The summed E-state index contributed by atoms with van der Waals surface area (Å²) in [5.74, 6) is 0.553. The van der Waals surface area contributed by atoms with Gasteiger partial charge in [-0.15, -0.1) is 45.9 Å². The molecule has 0 radical (unpaired) electrons. The van der Waals surface area contributed by atoms with Crippen LogP contribution in [0.1, 0.15) is 0 Å². The molecule has 0 unspecified atom stereocenters. The largest absolute Gasteiger partial charge is 0.314 e. The lowest BCUT2D eigenvalue weighted by Crippen LogP contribution is -2.44. The van der Waals surface area contributed by atoms with E-state index < -0.39 is 0 Å². The number of thiazole rings is 1. The summed E-state index contributed by atoms with van der Waals surface area (Å²) >= 11 is 8.32. The summed E-state index contributed by atoms with van der Waals surface area (Å²) in [6.45, 7) is 2.05. The highest BCUT2D eigenvalue weighted by atomic mass is 32.2. The third kappa shape index (κ3) is 2.81. The van der Waals surface area contributed by atoms with Gasteiger partial charge in [0.25, 0.3) is 0 Å². The van der Waals surface area contributed by atoms with E-state index in [9.17, 15) is 0 Å². The minimum atomic E-state index is 0.553. The Labute approximate surface area is 163 Å². The monoisotopic (exact) mass is 398 g/mol. The molecule has 130 valence electrons. The van der Waals surface area contributed by atoms with Crippen molar-refractivity contribution in [2.24, 2.45) is 0 Å². The van der Waals surface area contributed by atoms with Crippen LogP contribution in [0.4, 0.5) is 0 Å². The Bertz CT molecular complexity index is 1070. The topological polar surface area (TPSA) is 79.4 Å². The second-order valence-electron chi connectivity index (χ2n) is 6.00. The molecule has 2 N–H and O–H groups in total. The number of hydrogen-bond donors (Lipinski definition) is 3. The predicted molar refractivity (Wildman–Crippen MR) is 108 cm³/mol. The highest BCUT2D eigenvalue weighted by molar-refractivity contribution is 8.00. The van der Waals surface area contributed by atoms with E-state index in [2.05, 4.69) is 61.3 Å². The quantitative estimate of drug-likeness (QED) is 0.457. The summed E-state index contributed by atoms with van der Waals surface area (Å²) in [7, 11) is 0. The van der Waals surface area contributed by atoms with Gasteiger partial charge in [-0.3, -0.25) is 0 Å². The highest BCUT2D eigenvalue weighted by Gasteiger charge is 2.23. The van der Waals surface area contributed by atoms with E-state index in [0.717, 1.165) is 45.1 Å². The van der Waals surface area contributed by atoms with Crippen molar-refractivity contribution >= 4 is 45.9 Å². The number of thiol groups is 1. The summed E-state index contributed by atoms with van der Waals surface area (Å²) in [5.41, 5.74) is 5.85. The summed E-state index contributed by atoms with van der Waals surface area (Å²) in [6, 6.07) is 10.6. The van der Waals surface area contributed by atoms with Gasteiger partial charge in [0.1, 0.15) is 0 Å². The number of aromatic amines is 1. The molecule has 0 amide bonds. The molecule has 0 aliphatic carbocycles. The van der Waals surface area contributed by atoms with Crippen LogP contribution in [0, 0.1) is 0 Å². The second-order valence-corrected chi connectivity index (χ2v) is 8.68. The van der Waals surface area contributed by atoms with Crippen molar-refractivity contribution in [1.82, 2.24) is 30.9 Å². The highest BCUT2D eigenvalue weighted by Crippen LogP contribution is 2.42. The van der Waals surface area contributed by atoms with Gasteiger partial charge < -0.3 is 5.32 Å². The molecular weight excluding hydrogens is 384 g/mol. The van der Waals surface area contributed by atoms with Gasteiger partial charge in [0, 0.05) is 33.7 Å². The van der Waals surface area contributed by atoms with E-state index >= 15 is 0 Å². The SMILES string of the molecule is Sc1c(SC2CNC2)ccc(-c2ccc3scnc3c2)c1-c1nn[nH]n1. The van der Waals surface area contributed by atoms with Gasteiger partial charge in [-0.1, -0.05) is 12.1 Å². The van der Waals surface area contributed by atoms with Crippen molar-refractivity contribution in [1.29, 1.82) is 0 Å². The minimum Gasteiger partial charge on any atom is -0.314 e. The maximum absolute atomic E-state index is 4.84. The maximum atomic E-state index is 4.84. The van der Waals surface area contributed by atoms with Crippen LogP contribution in [0.5, 0.6) is 0 Å². The van der Waals surface area contributed by atoms with Crippen LogP contribution in [0.2, 0.25) is 0 Å². The number of benzene rings is 2. The number of nitrogens with zero attached hydrogens (tertiary/aromatic N) is 4. The van der Waals surface area contributed by atoms with Gasteiger partial charge in [-0.2, -0.15) is 5.21 Å². The lowest BCUT2D eigenvalue weighted by atomic mass is 9.99. The minimum absolute atomic E-state index is 0.553. The van der Waals surface area contributed by atoms with Crippen molar-refractivity contribution in [2.45, 2.75) is 15.0 Å². The molecule has 0 saturated carbocycles. The third-order valence-electron chi connectivity index (χ3n) is 4.39. The van der Waals surface area contributed by atoms with E-state index in [1.54, 1.807) is 11.3 Å². The number of rotatable bonds is 4. The molecule has 5 rings (SSSR count). The molecule has 0 bridgehead atoms. The average molecular weight is 399 g/mol. The molecule has 1 aliphatic heterocycles. The van der Waals surface area contributed by atoms with E-state index in [1.165, 1.54) is 4.70 Å². The van der Waals surface area contributed by atoms with Crippen LogP contribution in [-0.4, -0.2) is 43.9 Å². The van der Waals surface area contributed by atoms with Crippen molar-refractivity contribution in [3.05, 3.63) is 35.8 Å². The summed E-state index contributed by atoms with van der Waals surface area (Å²) in [4.78, 5) is 6.46. The molecule has 2 aromatic carbocycles. The van der Waals surface area contributed by atoms with Gasteiger partial charge >= 0.3 is 0 Å². The fraction of sp³-hybridized carbons (Fsp3) is 0.176. The van der Waals surface area contributed by atoms with Crippen molar-refractivity contribution in [2.75, 3.05) is 13.1 Å². The molecule has 4 aromatic rings. The molecular formula is C17H14N6S3. The zero-order valence-corrected chi connectivity index (χ0v) is 16.0. The average Bonchev–Trinajstić information content (AvgIpc) is 3.29. The molecule has 2 aromatic heterocycles. The Morgan fingerprint density at radius 2 is 2.12 bits per heavy atom. The van der Waals surface area contributed by atoms with Gasteiger partial charge in [-0.05, 0) is 34.5 Å². The standard InChI is InChI=1S/C17H14N6S3/c24-16-14(26-10-6-18-7-10)4-2-11(15(16)17-20-22-23-21-17)9-1-3-13-12(5-9)19-8-25-13/h1-5,8,10,18,24H,6-7H2,(H,20,21,22,23). The lowest BCUT2D eigenvalue weighted by Gasteiger charge is -2.27. The Hall–Kier alpha value is -1.94. The van der Waals surface area contributed by atoms with Crippen molar-refractivity contribution in [3.63, 3.8) is 0 Å². The number of thioether (sulfide) groups is 1. The number of aromatic nitrogens is 5. The van der Waals surface area contributed by atoms with Crippen molar-refractivity contribution < 1.29 is 0 Å². The molecule has 1 fully saturated rings. The first-order valence-electron chi connectivity index (χ1n) is 8.10. The molecule has 26 heavy (non-hydrogen) atoms. The second kappa shape index (κ2) is 6.66. The Morgan fingerprint density at radius 1 is 1.19 bits per heavy atom. The van der Waals surface area contributed by atoms with Crippen LogP contribution in [-0.2, 0) is 0 Å². The molecule has 0 spiro atoms. The lowest BCUT2D eigenvalue weighted by molar-refractivity contribution is 0.543. The van der Waals surface area contributed by atoms with E-state index in [1.807, 2.05) is 17.3 Å². The fourth-order valence-electron chi connectivity index (χ4n) is 2.95. The molecule has 6 nitrogen and oxygen atoms in total. The number of H-pyrrole nitrogens is 1. The zero-order valence-electron chi connectivity index (χ0n) is 13.5. The molecule has 9 heteroatoms.